The summed E-state index contributed by atoms with van der Waals surface area (Å²) in [5.41, 5.74) is 4.63. The second kappa shape index (κ2) is 3.72. The average molecular weight is 280 g/mol. The summed E-state index contributed by atoms with van der Waals surface area (Å²) in [6, 6.07) is 6.71. The molecule has 0 bridgehead atoms. The van der Waals surface area contributed by atoms with E-state index in [0.29, 0.717) is 0 Å². The number of hydrogen-bond acceptors (Lipinski definition) is 2. The van der Waals surface area contributed by atoms with E-state index in [9.17, 15) is 0 Å². The van der Waals surface area contributed by atoms with Crippen molar-refractivity contribution < 1.29 is 0 Å². The lowest BCUT2D eigenvalue weighted by Crippen LogP contribution is -1.82. The summed E-state index contributed by atoms with van der Waals surface area (Å²) in [7, 11) is 0. The normalized spacial score (nSPS) is 15.5. The van der Waals surface area contributed by atoms with Gasteiger partial charge in [-0.05, 0) is 48.1 Å². The number of rotatable bonds is 2. The molecule has 1 fully saturated rings. The van der Waals surface area contributed by atoms with Crippen LogP contribution in [-0.2, 0) is 0 Å². The molecule has 1 aromatic carbocycles. The molecule has 1 heterocycles. The molecule has 0 unspecified atom stereocenters. The van der Waals surface area contributed by atoms with E-state index >= 15 is 0 Å². The largest absolute Gasteiger partial charge is 0.252 e. The van der Waals surface area contributed by atoms with Crippen LogP contribution >= 0.6 is 27.3 Å². The second-order valence-electron chi connectivity index (χ2n) is 3.91. The lowest BCUT2D eigenvalue weighted by atomic mass is 10.1. The predicted molar refractivity (Wildman–Crippen MR) is 67.2 cm³/mol. The second-order valence-corrected chi connectivity index (χ2v) is 5.72. The molecule has 3 rings (SSSR count). The number of halogens is 1. The van der Waals surface area contributed by atoms with Crippen molar-refractivity contribution in [2.75, 3.05) is 0 Å². The van der Waals surface area contributed by atoms with E-state index in [1.54, 1.807) is 11.3 Å². The third kappa shape index (κ3) is 1.99. The van der Waals surface area contributed by atoms with E-state index in [0.717, 1.165) is 5.92 Å². The van der Waals surface area contributed by atoms with E-state index in [2.05, 4.69) is 39.1 Å². The Balaban J connectivity index is 2.07. The Morgan fingerprint density at radius 1 is 1.27 bits per heavy atom. The van der Waals surface area contributed by atoms with E-state index < -0.39 is 0 Å². The van der Waals surface area contributed by atoms with Gasteiger partial charge in [0.05, 0.1) is 10.4 Å². The standard InChI is InChI=1S/C12H10BrNS/c13-11-4-9(8-1-2-8)3-10(5-11)12-6-14-7-15-12/h3-8H,1-2H2. The zero-order valence-electron chi connectivity index (χ0n) is 8.11. The molecule has 1 aliphatic rings. The van der Waals surface area contributed by atoms with Crippen molar-refractivity contribution in [1.29, 1.82) is 0 Å². The molecule has 0 saturated heterocycles. The maximum atomic E-state index is 4.12. The molecule has 1 aromatic heterocycles. The highest BCUT2D eigenvalue weighted by Crippen LogP contribution is 2.42. The molecular weight excluding hydrogens is 270 g/mol. The van der Waals surface area contributed by atoms with Gasteiger partial charge in [-0.2, -0.15) is 0 Å². The van der Waals surface area contributed by atoms with Gasteiger partial charge in [-0.3, -0.25) is 4.98 Å². The van der Waals surface area contributed by atoms with Crippen LogP contribution in [0, 0.1) is 0 Å². The smallest absolute Gasteiger partial charge is 0.0797 e. The monoisotopic (exact) mass is 279 g/mol. The highest BCUT2D eigenvalue weighted by molar-refractivity contribution is 9.10. The minimum atomic E-state index is 0.800. The maximum Gasteiger partial charge on any atom is 0.0797 e. The molecule has 2 aromatic rings. The van der Waals surface area contributed by atoms with Crippen molar-refractivity contribution in [3.63, 3.8) is 0 Å². The summed E-state index contributed by atoms with van der Waals surface area (Å²) < 4.78 is 1.18. The van der Waals surface area contributed by atoms with Crippen LogP contribution in [0.4, 0.5) is 0 Å². The van der Waals surface area contributed by atoms with Gasteiger partial charge in [-0.15, -0.1) is 11.3 Å². The molecule has 0 amide bonds. The predicted octanol–water partition coefficient (Wildman–Crippen LogP) is 4.45. The molecule has 1 nitrogen and oxygen atoms in total. The van der Waals surface area contributed by atoms with E-state index in [-0.39, 0.29) is 0 Å². The summed E-state index contributed by atoms with van der Waals surface area (Å²) in [5.74, 6) is 0.800. The van der Waals surface area contributed by atoms with Crippen LogP contribution in [0.25, 0.3) is 10.4 Å². The third-order valence-corrected chi connectivity index (χ3v) is 3.97. The fraction of sp³-hybridized carbons (Fsp3) is 0.250. The molecule has 15 heavy (non-hydrogen) atoms. The molecule has 1 saturated carbocycles. The van der Waals surface area contributed by atoms with Crippen molar-refractivity contribution in [3.05, 3.63) is 39.9 Å². The zero-order valence-corrected chi connectivity index (χ0v) is 10.5. The molecule has 0 atom stereocenters. The Labute approximate surface area is 101 Å². The van der Waals surface area contributed by atoms with Crippen molar-refractivity contribution >= 4 is 27.3 Å². The van der Waals surface area contributed by atoms with Gasteiger partial charge in [-0.25, -0.2) is 0 Å². The van der Waals surface area contributed by atoms with Gasteiger partial charge in [0.15, 0.2) is 0 Å². The van der Waals surface area contributed by atoms with Crippen LogP contribution in [-0.4, -0.2) is 4.98 Å². The molecule has 0 radical (unpaired) electrons. The van der Waals surface area contributed by atoms with Gasteiger partial charge < -0.3 is 0 Å². The molecule has 0 spiro atoms. The van der Waals surface area contributed by atoms with Crippen molar-refractivity contribution in [1.82, 2.24) is 4.98 Å². The van der Waals surface area contributed by atoms with Crippen LogP contribution in [0.1, 0.15) is 24.3 Å². The Morgan fingerprint density at radius 3 is 2.80 bits per heavy atom. The Kier molecular flexibility index (Phi) is 2.37. The molecule has 3 heteroatoms. The van der Waals surface area contributed by atoms with E-state index in [4.69, 9.17) is 0 Å². The maximum absolute atomic E-state index is 4.12. The zero-order chi connectivity index (χ0) is 10.3. The first-order chi connectivity index (χ1) is 7.33. The van der Waals surface area contributed by atoms with Gasteiger partial charge in [0.2, 0.25) is 0 Å². The van der Waals surface area contributed by atoms with Gasteiger partial charge in [-0.1, -0.05) is 15.9 Å². The van der Waals surface area contributed by atoms with Crippen LogP contribution in [0.5, 0.6) is 0 Å². The highest BCUT2D eigenvalue weighted by Gasteiger charge is 2.24. The van der Waals surface area contributed by atoms with Crippen molar-refractivity contribution in [2.24, 2.45) is 0 Å². The lowest BCUT2D eigenvalue weighted by Gasteiger charge is -2.03. The molecule has 0 aliphatic heterocycles. The van der Waals surface area contributed by atoms with E-state index in [1.807, 2.05) is 11.7 Å². The first-order valence-corrected chi connectivity index (χ1v) is 6.69. The van der Waals surface area contributed by atoms with Crippen LogP contribution in [0.15, 0.2) is 34.4 Å². The minimum Gasteiger partial charge on any atom is -0.252 e. The summed E-state index contributed by atoms with van der Waals surface area (Å²) in [5, 5.41) is 0. The van der Waals surface area contributed by atoms with Gasteiger partial charge in [0, 0.05) is 10.7 Å². The summed E-state index contributed by atoms with van der Waals surface area (Å²) in [4.78, 5) is 5.37. The summed E-state index contributed by atoms with van der Waals surface area (Å²) in [6.45, 7) is 0. The average Bonchev–Trinajstić information content (AvgIpc) is 2.93. The molecular formula is C12H10BrNS. The number of benzene rings is 1. The van der Waals surface area contributed by atoms with Crippen molar-refractivity contribution in [3.8, 4) is 10.4 Å². The van der Waals surface area contributed by atoms with E-state index in [1.165, 1.54) is 33.3 Å². The molecule has 76 valence electrons. The van der Waals surface area contributed by atoms with Crippen LogP contribution in [0.2, 0.25) is 0 Å². The van der Waals surface area contributed by atoms with Gasteiger partial charge in [0.1, 0.15) is 0 Å². The number of nitrogens with zero attached hydrogens (tertiary/aromatic N) is 1. The number of aromatic nitrogens is 1. The first kappa shape index (κ1) is 9.55. The fourth-order valence-electron chi connectivity index (χ4n) is 1.77. The molecule has 0 N–H and O–H groups in total. The lowest BCUT2D eigenvalue weighted by molar-refractivity contribution is 1.13. The highest BCUT2D eigenvalue weighted by atomic mass is 79.9. The topological polar surface area (TPSA) is 12.9 Å². The number of hydrogen-bond donors (Lipinski definition) is 0. The van der Waals surface area contributed by atoms with Crippen molar-refractivity contribution in [2.45, 2.75) is 18.8 Å². The van der Waals surface area contributed by atoms with Crippen LogP contribution in [0.3, 0.4) is 0 Å². The Hall–Kier alpha value is -0.670. The quantitative estimate of drug-likeness (QED) is 0.792. The fourth-order valence-corrected chi connectivity index (χ4v) is 2.89. The SMILES string of the molecule is Brc1cc(-c2cncs2)cc(C2CC2)c1. The summed E-state index contributed by atoms with van der Waals surface area (Å²) >= 11 is 5.27. The minimum absolute atomic E-state index is 0.800. The van der Waals surface area contributed by atoms with Gasteiger partial charge in [0.25, 0.3) is 0 Å². The molecule has 1 aliphatic carbocycles. The Morgan fingerprint density at radius 2 is 2.13 bits per heavy atom. The van der Waals surface area contributed by atoms with Gasteiger partial charge >= 0.3 is 0 Å². The summed E-state index contributed by atoms with van der Waals surface area (Å²) in [6.07, 6.45) is 4.63. The van der Waals surface area contributed by atoms with Crippen LogP contribution < -0.4 is 0 Å². The Bertz CT molecular complexity index is 474. The third-order valence-electron chi connectivity index (χ3n) is 2.69. The first-order valence-electron chi connectivity index (χ1n) is 5.02. The number of thiazole rings is 1.